The Kier molecular flexibility index (Phi) is 5.54. The summed E-state index contributed by atoms with van der Waals surface area (Å²) in [6.45, 7) is 0. The minimum Gasteiger partial charge on any atom is -0.497 e. The van der Waals surface area contributed by atoms with E-state index in [1.807, 2.05) is 53.5 Å². The highest BCUT2D eigenvalue weighted by Crippen LogP contribution is 2.37. The van der Waals surface area contributed by atoms with Crippen molar-refractivity contribution in [2.75, 3.05) is 18.4 Å². The van der Waals surface area contributed by atoms with Crippen LogP contribution in [0, 0.1) is 0 Å². The highest BCUT2D eigenvalue weighted by Gasteiger charge is 2.30. The molecule has 3 aromatic rings. The molecule has 1 aliphatic heterocycles. The summed E-state index contributed by atoms with van der Waals surface area (Å²) in [5, 5.41) is 7.50. The first-order valence-electron chi connectivity index (χ1n) is 9.42. The number of benzene rings is 3. The third kappa shape index (κ3) is 4.20. The molecule has 0 fully saturated rings. The molecule has 4 rings (SSSR count). The maximum absolute atomic E-state index is 11.8. The number of hydrazone groups is 1. The van der Waals surface area contributed by atoms with Crippen molar-refractivity contribution in [3.05, 3.63) is 88.9 Å². The Morgan fingerprint density at radius 1 is 0.967 bits per heavy atom. The highest BCUT2D eigenvalue weighted by molar-refractivity contribution is 7.90. The Morgan fingerprint density at radius 3 is 2.17 bits per heavy atom. The molecule has 3 aromatic carbocycles. The lowest BCUT2D eigenvalue weighted by Gasteiger charge is -2.24. The molecule has 0 saturated carbocycles. The number of methoxy groups -OCH3 is 1. The minimum absolute atomic E-state index is 0.0225. The van der Waals surface area contributed by atoms with Gasteiger partial charge in [0.1, 0.15) is 5.75 Å². The maximum Gasteiger partial charge on any atom is 0.175 e. The van der Waals surface area contributed by atoms with Gasteiger partial charge in [-0.25, -0.2) is 8.42 Å². The molecule has 0 aromatic heterocycles. The predicted molar refractivity (Wildman–Crippen MR) is 120 cm³/mol. The van der Waals surface area contributed by atoms with Gasteiger partial charge in [0.15, 0.2) is 9.84 Å². The molecule has 5 nitrogen and oxygen atoms in total. The monoisotopic (exact) mass is 440 g/mol. The molecular formula is C23H21ClN2O3S. The van der Waals surface area contributed by atoms with Crippen molar-refractivity contribution < 1.29 is 13.2 Å². The Balaban J connectivity index is 1.73. The average Bonchev–Trinajstić information content (AvgIpc) is 3.19. The largest absolute Gasteiger partial charge is 0.497 e. The summed E-state index contributed by atoms with van der Waals surface area (Å²) in [6, 6.07) is 22.3. The second-order valence-corrected chi connectivity index (χ2v) is 9.61. The predicted octanol–water partition coefficient (Wildman–Crippen LogP) is 5.11. The van der Waals surface area contributed by atoms with Gasteiger partial charge in [-0.1, -0.05) is 35.9 Å². The molecule has 1 heterocycles. The number of halogens is 1. The SMILES string of the molecule is COc1ccc(C2CC(c3ccc(Cl)cc3)=NN2c2ccc(S(C)(=O)=O)cc2)cc1. The van der Waals surface area contributed by atoms with Crippen molar-refractivity contribution in [3.63, 3.8) is 0 Å². The average molecular weight is 441 g/mol. The number of rotatable bonds is 5. The number of nitrogens with zero attached hydrogens (tertiary/aromatic N) is 2. The number of anilines is 1. The molecule has 0 bridgehead atoms. The summed E-state index contributed by atoms with van der Waals surface area (Å²) < 4.78 is 28.9. The quantitative estimate of drug-likeness (QED) is 0.553. The summed E-state index contributed by atoms with van der Waals surface area (Å²) in [6.07, 6.45) is 1.91. The number of hydrogen-bond donors (Lipinski definition) is 0. The van der Waals surface area contributed by atoms with Gasteiger partial charge in [0.05, 0.1) is 29.4 Å². The van der Waals surface area contributed by atoms with Crippen LogP contribution < -0.4 is 9.75 Å². The minimum atomic E-state index is -3.26. The van der Waals surface area contributed by atoms with E-state index in [-0.39, 0.29) is 10.9 Å². The molecule has 0 saturated heterocycles. The molecule has 1 unspecified atom stereocenters. The number of sulfone groups is 1. The van der Waals surface area contributed by atoms with Crippen LogP contribution in [0.3, 0.4) is 0 Å². The van der Waals surface area contributed by atoms with Crippen molar-refractivity contribution in [2.24, 2.45) is 5.10 Å². The van der Waals surface area contributed by atoms with Gasteiger partial charge in [0, 0.05) is 17.7 Å². The molecule has 0 amide bonds. The molecule has 154 valence electrons. The second kappa shape index (κ2) is 8.13. The third-order valence-electron chi connectivity index (χ3n) is 5.12. The first-order valence-corrected chi connectivity index (χ1v) is 11.7. The van der Waals surface area contributed by atoms with Crippen molar-refractivity contribution in [1.82, 2.24) is 0 Å². The standard InChI is InChI=1S/C23H21ClN2O3S/c1-29-20-11-5-17(6-12-20)23-15-22(16-3-7-18(24)8-4-16)25-26(23)19-9-13-21(14-10-19)30(2,27)28/h3-14,23H,15H2,1-2H3. The van der Waals surface area contributed by atoms with E-state index in [0.717, 1.165) is 28.3 Å². The van der Waals surface area contributed by atoms with Crippen LogP contribution in [-0.4, -0.2) is 27.5 Å². The van der Waals surface area contributed by atoms with Crippen LogP contribution in [0.2, 0.25) is 5.02 Å². The Labute approximate surface area is 181 Å². The summed E-state index contributed by atoms with van der Waals surface area (Å²) in [5.41, 5.74) is 3.87. The normalized spacial score (nSPS) is 16.4. The van der Waals surface area contributed by atoms with E-state index < -0.39 is 9.84 Å². The van der Waals surface area contributed by atoms with Crippen LogP contribution >= 0.6 is 11.6 Å². The topological polar surface area (TPSA) is 59.0 Å². The maximum atomic E-state index is 11.8. The smallest absolute Gasteiger partial charge is 0.175 e. The van der Waals surface area contributed by atoms with E-state index in [2.05, 4.69) is 0 Å². The zero-order chi connectivity index (χ0) is 21.3. The van der Waals surface area contributed by atoms with Crippen molar-refractivity contribution in [1.29, 1.82) is 0 Å². The highest BCUT2D eigenvalue weighted by atomic mass is 35.5. The van der Waals surface area contributed by atoms with Gasteiger partial charge < -0.3 is 4.74 Å². The molecule has 7 heteroatoms. The lowest BCUT2D eigenvalue weighted by molar-refractivity contribution is 0.414. The van der Waals surface area contributed by atoms with Crippen LogP contribution in [0.15, 0.2) is 82.8 Å². The molecular weight excluding hydrogens is 420 g/mol. The van der Waals surface area contributed by atoms with E-state index in [1.54, 1.807) is 31.4 Å². The number of hydrogen-bond acceptors (Lipinski definition) is 5. The van der Waals surface area contributed by atoms with E-state index in [9.17, 15) is 8.42 Å². The van der Waals surface area contributed by atoms with Crippen molar-refractivity contribution >= 4 is 32.8 Å². The van der Waals surface area contributed by atoms with Crippen LogP contribution in [0.4, 0.5) is 5.69 Å². The molecule has 1 aliphatic rings. The Morgan fingerprint density at radius 2 is 1.60 bits per heavy atom. The lowest BCUT2D eigenvalue weighted by Crippen LogP contribution is -2.18. The zero-order valence-corrected chi connectivity index (χ0v) is 18.2. The lowest BCUT2D eigenvalue weighted by atomic mass is 9.98. The summed E-state index contributed by atoms with van der Waals surface area (Å²) >= 11 is 6.04. The van der Waals surface area contributed by atoms with E-state index >= 15 is 0 Å². The van der Waals surface area contributed by atoms with Gasteiger partial charge in [-0.3, -0.25) is 5.01 Å². The van der Waals surface area contributed by atoms with E-state index in [0.29, 0.717) is 11.4 Å². The fourth-order valence-electron chi connectivity index (χ4n) is 3.50. The summed E-state index contributed by atoms with van der Waals surface area (Å²) in [4.78, 5) is 0.286. The van der Waals surface area contributed by atoms with Gasteiger partial charge in [0.25, 0.3) is 0 Å². The van der Waals surface area contributed by atoms with Gasteiger partial charge in [-0.05, 0) is 59.7 Å². The fourth-order valence-corrected chi connectivity index (χ4v) is 4.25. The molecule has 30 heavy (non-hydrogen) atoms. The van der Waals surface area contributed by atoms with E-state index in [1.165, 1.54) is 6.26 Å². The van der Waals surface area contributed by atoms with Crippen molar-refractivity contribution in [3.8, 4) is 5.75 Å². The van der Waals surface area contributed by atoms with Gasteiger partial charge in [0.2, 0.25) is 0 Å². The van der Waals surface area contributed by atoms with Crippen molar-refractivity contribution in [2.45, 2.75) is 17.4 Å². The second-order valence-electron chi connectivity index (χ2n) is 7.16. The van der Waals surface area contributed by atoms with Crippen LogP contribution in [0.1, 0.15) is 23.6 Å². The van der Waals surface area contributed by atoms with Gasteiger partial charge in [-0.15, -0.1) is 0 Å². The van der Waals surface area contributed by atoms with Gasteiger partial charge in [-0.2, -0.15) is 5.10 Å². The Hall–Kier alpha value is -2.83. The zero-order valence-electron chi connectivity index (χ0n) is 16.6. The Bertz CT molecular complexity index is 1170. The first kappa shape index (κ1) is 20.4. The molecule has 0 radical (unpaired) electrons. The molecule has 0 spiro atoms. The van der Waals surface area contributed by atoms with Crippen LogP contribution in [0.25, 0.3) is 0 Å². The first-order chi connectivity index (χ1) is 14.3. The summed E-state index contributed by atoms with van der Waals surface area (Å²) in [5.74, 6) is 0.791. The van der Waals surface area contributed by atoms with Gasteiger partial charge >= 0.3 is 0 Å². The summed E-state index contributed by atoms with van der Waals surface area (Å²) in [7, 11) is -1.61. The third-order valence-corrected chi connectivity index (χ3v) is 6.50. The van der Waals surface area contributed by atoms with Crippen LogP contribution in [-0.2, 0) is 9.84 Å². The van der Waals surface area contributed by atoms with Crippen LogP contribution in [0.5, 0.6) is 5.75 Å². The van der Waals surface area contributed by atoms with E-state index in [4.69, 9.17) is 21.4 Å². The number of ether oxygens (including phenoxy) is 1. The molecule has 0 aliphatic carbocycles. The molecule has 1 atom stereocenters. The fraction of sp³-hybridized carbons (Fsp3) is 0.174. The molecule has 0 N–H and O–H groups in total.